The maximum Gasteiger partial charge on any atom is 0.333 e. The highest BCUT2D eigenvalue weighted by Gasteiger charge is 2.31. The zero-order valence-electron chi connectivity index (χ0n) is 10.3. The van der Waals surface area contributed by atoms with Gasteiger partial charge in [-0.05, 0) is 19.4 Å². The number of rotatable bonds is 7. The average Bonchev–Trinajstić information content (AvgIpc) is 2.20. The molecular formula is C11H16O6S. The molecule has 6 nitrogen and oxygen atoms in total. The smallest absolute Gasteiger partial charge is 0.333 e. The predicted molar refractivity (Wildman–Crippen MR) is 65.5 cm³/mol. The molecule has 0 aromatic carbocycles. The highest BCUT2D eigenvalue weighted by Crippen LogP contribution is 2.11. The molecule has 0 heterocycles. The summed E-state index contributed by atoms with van der Waals surface area (Å²) in [6.07, 6.45) is -0.330. The zero-order chi connectivity index (χ0) is 14.5. The van der Waals surface area contributed by atoms with Crippen LogP contribution in [0.4, 0.5) is 0 Å². The van der Waals surface area contributed by atoms with E-state index in [4.69, 9.17) is 4.55 Å². The second-order valence-corrected chi connectivity index (χ2v) is 5.45. The first-order chi connectivity index (χ1) is 8.07. The van der Waals surface area contributed by atoms with E-state index >= 15 is 0 Å². The first-order valence-electron chi connectivity index (χ1n) is 5.06. The van der Waals surface area contributed by atoms with Crippen molar-refractivity contribution in [3.8, 4) is 0 Å². The molecule has 0 spiro atoms. The number of hydrogen-bond acceptors (Lipinski definition) is 5. The average molecular weight is 276 g/mol. The van der Waals surface area contributed by atoms with Crippen molar-refractivity contribution in [2.75, 3.05) is 6.61 Å². The summed E-state index contributed by atoms with van der Waals surface area (Å²) < 4.78 is 35.6. The van der Waals surface area contributed by atoms with Gasteiger partial charge in [0.05, 0.1) is 6.61 Å². The molecule has 0 aliphatic heterocycles. The number of allylic oxidation sites excluding steroid dienone is 1. The molecule has 7 heteroatoms. The van der Waals surface area contributed by atoms with E-state index < -0.39 is 27.1 Å². The summed E-state index contributed by atoms with van der Waals surface area (Å²) in [6, 6.07) is 0. The summed E-state index contributed by atoms with van der Waals surface area (Å²) >= 11 is 0. The van der Waals surface area contributed by atoms with Gasteiger partial charge in [-0.15, -0.1) is 0 Å². The van der Waals surface area contributed by atoms with Crippen LogP contribution in [0.3, 0.4) is 0 Å². The van der Waals surface area contributed by atoms with Gasteiger partial charge in [0.15, 0.2) is 11.0 Å². The van der Waals surface area contributed by atoms with E-state index in [2.05, 4.69) is 17.9 Å². The molecule has 1 atom stereocenters. The summed E-state index contributed by atoms with van der Waals surface area (Å²) in [5.41, 5.74) is 0.161. The third kappa shape index (κ3) is 5.24. The van der Waals surface area contributed by atoms with Gasteiger partial charge in [0.1, 0.15) is 0 Å². The standard InChI is InChI=1S/C11H16O6S/c1-7(2)10(12)9(18(14,15)16)5-6-17-11(13)8(3)4/h9H,1,3,5-6H2,2,4H3,(H,14,15,16). The van der Waals surface area contributed by atoms with Crippen molar-refractivity contribution in [1.29, 1.82) is 0 Å². The van der Waals surface area contributed by atoms with Gasteiger partial charge >= 0.3 is 5.97 Å². The molecule has 0 radical (unpaired) electrons. The maximum absolute atomic E-state index is 11.5. The maximum atomic E-state index is 11.5. The van der Waals surface area contributed by atoms with E-state index in [0.29, 0.717) is 0 Å². The predicted octanol–water partition coefficient (Wildman–Crippen LogP) is 0.897. The van der Waals surface area contributed by atoms with Crippen LogP contribution in [0.2, 0.25) is 0 Å². The molecule has 1 unspecified atom stereocenters. The van der Waals surface area contributed by atoms with Crippen LogP contribution in [-0.2, 0) is 24.4 Å². The molecule has 0 bridgehead atoms. The van der Waals surface area contributed by atoms with E-state index in [1.165, 1.54) is 13.8 Å². The Morgan fingerprint density at radius 3 is 2.06 bits per heavy atom. The molecule has 0 aliphatic rings. The Kier molecular flexibility index (Phi) is 5.93. The Morgan fingerprint density at radius 1 is 1.22 bits per heavy atom. The third-order valence-corrected chi connectivity index (χ3v) is 3.20. The first-order valence-corrected chi connectivity index (χ1v) is 6.56. The number of carbonyl (C=O) groups is 2. The SMILES string of the molecule is C=C(C)C(=O)OCCC(C(=O)C(=C)C)S(=O)(=O)O. The zero-order valence-corrected chi connectivity index (χ0v) is 11.1. The van der Waals surface area contributed by atoms with Crippen LogP contribution >= 0.6 is 0 Å². The van der Waals surface area contributed by atoms with Gasteiger partial charge in [-0.2, -0.15) is 8.42 Å². The minimum Gasteiger partial charge on any atom is -0.462 e. The van der Waals surface area contributed by atoms with Crippen LogP contribution in [-0.4, -0.2) is 36.6 Å². The Labute approximate surface area is 106 Å². The Hall–Kier alpha value is -1.47. The fourth-order valence-corrected chi connectivity index (χ4v) is 1.94. The Morgan fingerprint density at radius 2 is 1.72 bits per heavy atom. The number of Topliss-reactive ketones (excluding diaryl/α,β-unsaturated/α-hetero) is 1. The molecule has 0 aromatic rings. The molecule has 0 rings (SSSR count). The monoisotopic (exact) mass is 276 g/mol. The van der Waals surface area contributed by atoms with Crippen molar-refractivity contribution in [2.24, 2.45) is 0 Å². The molecule has 0 fully saturated rings. The van der Waals surface area contributed by atoms with Crippen molar-refractivity contribution in [1.82, 2.24) is 0 Å². The minimum absolute atomic E-state index is 0.00357. The van der Waals surface area contributed by atoms with Crippen molar-refractivity contribution in [3.05, 3.63) is 24.3 Å². The van der Waals surface area contributed by atoms with Crippen LogP contribution in [0.25, 0.3) is 0 Å². The van der Waals surface area contributed by atoms with Crippen molar-refractivity contribution >= 4 is 21.9 Å². The summed E-state index contributed by atoms with van der Waals surface area (Å²) in [5.74, 6) is -1.49. The lowest BCUT2D eigenvalue weighted by Crippen LogP contribution is -2.32. The second-order valence-electron chi connectivity index (χ2n) is 3.85. The van der Waals surface area contributed by atoms with Crippen molar-refractivity contribution in [2.45, 2.75) is 25.5 Å². The molecule has 0 saturated heterocycles. The number of esters is 1. The largest absolute Gasteiger partial charge is 0.462 e. The molecule has 0 amide bonds. The Balaban J connectivity index is 4.66. The van der Waals surface area contributed by atoms with Gasteiger partial charge in [-0.25, -0.2) is 4.79 Å². The van der Waals surface area contributed by atoms with Crippen molar-refractivity contribution < 1.29 is 27.3 Å². The van der Waals surface area contributed by atoms with Crippen LogP contribution in [0.1, 0.15) is 20.3 Å². The lowest BCUT2D eigenvalue weighted by atomic mass is 10.1. The first kappa shape index (κ1) is 16.5. The van der Waals surface area contributed by atoms with Gasteiger partial charge in [0.2, 0.25) is 0 Å². The molecule has 0 aromatic heterocycles. The van der Waals surface area contributed by atoms with Gasteiger partial charge in [0.25, 0.3) is 10.1 Å². The van der Waals surface area contributed by atoms with E-state index in [9.17, 15) is 18.0 Å². The van der Waals surface area contributed by atoms with Crippen LogP contribution < -0.4 is 0 Å². The normalized spacial score (nSPS) is 12.6. The van der Waals surface area contributed by atoms with Gasteiger partial charge in [-0.3, -0.25) is 9.35 Å². The van der Waals surface area contributed by atoms with Crippen molar-refractivity contribution in [3.63, 3.8) is 0 Å². The number of hydrogen-bond donors (Lipinski definition) is 1. The van der Waals surface area contributed by atoms with Crippen LogP contribution in [0, 0.1) is 0 Å². The molecule has 18 heavy (non-hydrogen) atoms. The molecular weight excluding hydrogens is 260 g/mol. The topological polar surface area (TPSA) is 97.7 Å². The second kappa shape index (κ2) is 6.46. The lowest BCUT2D eigenvalue weighted by Gasteiger charge is -2.12. The van der Waals surface area contributed by atoms with E-state index in [1.807, 2.05) is 0 Å². The molecule has 102 valence electrons. The van der Waals surface area contributed by atoms with E-state index in [1.54, 1.807) is 0 Å². The molecule has 1 N–H and O–H groups in total. The highest BCUT2D eigenvalue weighted by atomic mass is 32.2. The minimum atomic E-state index is -4.55. The summed E-state index contributed by atoms with van der Waals surface area (Å²) in [6.45, 7) is 9.11. The summed E-state index contributed by atoms with van der Waals surface area (Å²) in [7, 11) is -4.55. The number of carbonyl (C=O) groups excluding carboxylic acids is 2. The third-order valence-electron chi connectivity index (χ3n) is 2.03. The van der Waals surface area contributed by atoms with Gasteiger partial charge < -0.3 is 4.74 Å². The highest BCUT2D eigenvalue weighted by molar-refractivity contribution is 7.87. The molecule has 0 aliphatic carbocycles. The fourth-order valence-electron chi connectivity index (χ4n) is 1.07. The lowest BCUT2D eigenvalue weighted by molar-refractivity contribution is -0.139. The molecule has 0 saturated carbocycles. The fraction of sp³-hybridized carbons (Fsp3) is 0.455. The number of ether oxygens (including phenoxy) is 1. The quantitative estimate of drug-likeness (QED) is 0.421. The van der Waals surface area contributed by atoms with Crippen LogP contribution in [0.5, 0.6) is 0 Å². The Bertz CT molecular complexity index is 474. The summed E-state index contributed by atoms with van der Waals surface area (Å²) in [4.78, 5) is 22.5. The van der Waals surface area contributed by atoms with Crippen LogP contribution in [0.15, 0.2) is 24.3 Å². The summed E-state index contributed by atoms with van der Waals surface area (Å²) in [5, 5.41) is -1.66. The van der Waals surface area contributed by atoms with E-state index in [0.717, 1.165) is 0 Å². The van der Waals surface area contributed by atoms with Gasteiger partial charge in [0, 0.05) is 12.0 Å². The van der Waals surface area contributed by atoms with E-state index in [-0.39, 0.29) is 24.2 Å². The number of ketones is 1. The van der Waals surface area contributed by atoms with Gasteiger partial charge in [-0.1, -0.05) is 13.2 Å².